The summed E-state index contributed by atoms with van der Waals surface area (Å²) in [4.78, 5) is 7.57. The van der Waals surface area contributed by atoms with Crippen molar-refractivity contribution in [1.82, 2.24) is 15.6 Å². The molecule has 1 unspecified atom stereocenters. The van der Waals surface area contributed by atoms with Crippen molar-refractivity contribution in [3.05, 3.63) is 36.0 Å². The Labute approximate surface area is 150 Å². The fourth-order valence-corrected chi connectivity index (χ4v) is 2.35. The molecule has 0 bridgehead atoms. The second-order valence-electron chi connectivity index (χ2n) is 5.42. The molecule has 0 spiro atoms. The summed E-state index contributed by atoms with van der Waals surface area (Å²) in [5.74, 6) is 0.892. The molecule has 3 N–H and O–H groups in total. The molecule has 2 rings (SSSR count). The highest BCUT2D eigenvalue weighted by Crippen LogP contribution is 2.18. The highest BCUT2D eigenvalue weighted by molar-refractivity contribution is 14.0. The maximum absolute atomic E-state index is 4.25. The largest absolute Gasteiger partial charge is 0.361 e. The number of nitrogens with one attached hydrogen (secondary N) is 3. The van der Waals surface area contributed by atoms with Gasteiger partial charge in [0.1, 0.15) is 0 Å². The van der Waals surface area contributed by atoms with Crippen molar-refractivity contribution < 1.29 is 0 Å². The molecule has 4 nitrogen and oxygen atoms in total. The number of benzene rings is 1. The zero-order chi connectivity index (χ0) is 15.1. The van der Waals surface area contributed by atoms with Crippen molar-refractivity contribution in [2.75, 3.05) is 13.6 Å². The SMILES string of the molecule is CCC(C)NC(=NC)NCCCc1c[nH]c2ccccc12.I. The lowest BCUT2D eigenvalue weighted by molar-refractivity contribution is 0.620. The summed E-state index contributed by atoms with van der Waals surface area (Å²) in [5.41, 5.74) is 2.60. The number of hydrogen-bond donors (Lipinski definition) is 3. The van der Waals surface area contributed by atoms with Gasteiger partial charge in [-0.1, -0.05) is 25.1 Å². The fraction of sp³-hybridized carbons (Fsp3) is 0.471. The summed E-state index contributed by atoms with van der Waals surface area (Å²) in [6, 6.07) is 8.90. The Hall–Kier alpha value is -1.24. The molecule has 1 heterocycles. The third kappa shape index (κ3) is 5.19. The first-order valence-corrected chi connectivity index (χ1v) is 7.76. The van der Waals surface area contributed by atoms with Gasteiger partial charge in [0.15, 0.2) is 5.96 Å². The lowest BCUT2D eigenvalue weighted by Gasteiger charge is -2.16. The van der Waals surface area contributed by atoms with Crippen molar-refractivity contribution >= 4 is 40.8 Å². The molecule has 22 heavy (non-hydrogen) atoms. The number of rotatable bonds is 6. The molecule has 122 valence electrons. The Morgan fingerprint density at radius 3 is 2.82 bits per heavy atom. The van der Waals surface area contributed by atoms with E-state index in [1.807, 2.05) is 7.05 Å². The number of aromatic nitrogens is 1. The Morgan fingerprint density at radius 2 is 2.09 bits per heavy atom. The standard InChI is InChI=1S/C17H26N4.HI/c1-4-13(2)21-17(18-3)19-11-7-8-14-12-20-16-10-6-5-9-15(14)16;/h5-6,9-10,12-13,20H,4,7-8,11H2,1-3H3,(H2,18,19,21);1H. The minimum Gasteiger partial charge on any atom is -0.361 e. The fourth-order valence-electron chi connectivity index (χ4n) is 2.35. The molecule has 0 aliphatic carbocycles. The third-order valence-corrected chi connectivity index (χ3v) is 3.81. The first-order chi connectivity index (χ1) is 10.2. The second kappa shape index (κ2) is 9.71. The van der Waals surface area contributed by atoms with Crippen molar-refractivity contribution in [2.24, 2.45) is 4.99 Å². The van der Waals surface area contributed by atoms with Gasteiger partial charge < -0.3 is 15.6 Å². The van der Waals surface area contributed by atoms with Gasteiger partial charge in [-0.05, 0) is 37.8 Å². The maximum atomic E-state index is 4.25. The average molecular weight is 414 g/mol. The number of H-pyrrole nitrogens is 1. The highest BCUT2D eigenvalue weighted by atomic mass is 127. The smallest absolute Gasteiger partial charge is 0.191 e. The molecule has 2 aromatic rings. The lowest BCUT2D eigenvalue weighted by Crippen LogP contribution is -2.42. The van der Waals surface area contributed by atoms with Gasteiger partial charge >= 0.3 is 0 Å². The van der Waals surface area contributed by atoms with E-state index < -0.39 is 0 Å². The van der Waals surface area contributed by atoms with Gasteiger partial charge in [-0.3, -0.25) is 4.99 Å². The Kier molecular flexibility index (Phi) is 8.30. The van der Waals surface area contributed by atoms with Gasteiger partial charge in [-0.15, -0.1) is 24.0 Å². The first-order valence-electron chi connectivity index (χ1n) is 7.76. The van der Waals surface area contributed by atoms with Crippen LogP contribution in [0.15, 0.2) is 35.5 Å². The van der Waals surface area contributed by atoms with Gasteiger partial charge in [0.2, 0.25) is 0 Å². The number of aromatic amines is 1. The predicted molar refractivity (Wildman–Crippen MR) is 106 cm³/mol. The summed E-state index contributed by atoms with van der Waals surface area (Å²) in [6.07, 6.45) is 5.37. The van der Waals surface area contributed by atoms with Crippen LogP contribution in [0.25, 0.3) is 10.9 Å². The molecule has 1 atom stereocenters. The summed E-state index contributed by atoms with van der Waals surface area (Å²) in [5, 5.41) is 8.08. The summed E-state index contributed by atoms with van der Waals surface area (Å²) >= 11 is 0. The Bertz CT molecular complexity index is 591. The summed E-state index contributed by atoms with van der Waals surface area (Å²) < 4.78 is 0. The van der Waals surface area contributed by atoms with Crippen LogP contribution in [0.5, 0.6) is 0 Å². The van der Waals surface area contributed by atoms with Gasteiger partial charge in [0.25, 0.3) is 0 Å². The van der Waals surface area contributed by atoms with E-state index in [1.54, 1.807) is 0 Å². The van der Waals surface area contributed by atoms with Crippen molar-refractivity contribution in [3.8, 4) is 0 Å². The first kappa shape index (κ1) is 18.8. The van der Waals surface area contributed by atoms with E-state index in [-0.39, 0.29) is 24.0 Å². The average Bonchev–Trinajstić information content (AvgIpc) is 2.93. The molecule has 0 saturated heterocycles. The predicted octanol–water partition coefficient (Wildman–Crippen LogP) is 3.68. The van der Waals surface area contributed by atoms with Crippen LogP contribution >= 0.6 is 24.0 Å². The van der Waals surface area contributed by atoms with Crippen LogP contribution < -0.4 is 10.6 Å². The van der Waals surface area contributed by atoms with E-state index >= 15 is 0 Å². The normalized spacial score (nSPS) is 12.8. The van der Waals surface area contributed by atoms with Crippen LogP contribution in [0.2, 0.25) is 0 Å². The van der Waals surface area contributed by atoms with Gasteiger partial charge in [0.05, 0.1) is 0 Å². The molecular formula is C17H27IN4. The number of para-hydroxylation sites is 1. The molecular weight excluding hydrogens is 387 g/mol. The molecule has 1 aromatic carbocycles. The van der Waals surface area contributed by atoms with Crippen molar-refractivity contribution in [3.63, 3.8) is 0 Å². The third-order valence-electron chi connectivity index (χ3n) is 3.81. The van der Waals surface area contributed by atoms with E-state index in [0.29, 0.717) is 6.04 Å². The minimum atomic E-state index is 0. The van der Waals surface area contributed by atoms with Gasteiger partial charge in [0, 0.05) is 36.7 Å². The number of fused-ring (bicyclic) bond motifs is 1. The number of hydrogen-bond acceptors (Lipinski definition) is 1. The molecule has 0 fully saturated rings. The van der Waals surface area contributed by atoms with Crippen LogP contribution in [-0.4, -0.2) is 30.6 Å². The van der Waals surface area contributed by atoms with Crippen LogP contribution in [-0.2, 0) is 6.42 Å². The van der Waals surface area contributed by atoms with Crippen molar-refractivity contribution in [2.45, 2.75) is 39.2 Å². The van der Waals surface area contributed by atoms with Gasteiger partial charge in [-0.2, -0.15) is 0 Å². The molecule has 0 radical (unpaired) electrons. The summed E-state index contributed by atoms with van der Waals surface area (Å²) in [6.45, 7) is 5.26. The topological polar surface area (TPSA) is 52.2 Å². The highest BCUT2D eigenvalue weighted by Gasteiger charge is 2.04. The van der Waals surface area contributed by atoms with E-state index in [9.17, 15) is 0 Å². The molecule has 0 amide bonds. The zero-order valence-electron chi connectivity index (χ0n) is 13.6. The van der Waals surface area contributed by atoms with Crippen molar-refractivity contribution in [1.29, 1.82) is 0 Å². The van der Waals surface area contributed by atoms with E-state index in [4.69, 9.17) is 0 Å². The molecule has 1 aromatic heterocycles. The quantitative estimate of drug-likeness (QED) is 0.292. The molecule has 0 aliphatic heterocycles. The maximum Gasteiger partial charge on any atom is 0.191 e. The number of aryl methyl sites for hydroxylation is 1. The number of halogens is 1. The molecule has 5 heteroatoms. The lowest BCUT2D eigenvalue weighted by atomic mass is 10.1. The number of aliphatic imine (C=N–C) groups is 1. The second-order valence-corrected chi connectivity index (χ2v) is 5.42. The van der Waals surface area contributed by atoms with E-state index in [1.165, 1.54) is 16.5 Å². The Morgan fingerprint density at radius 1 is 1.32 bits per heavy atom. The van der Waals surface area contributed by atoms with Gasteiger partial charge in [-0.25, -0.2) is 0 Å². The van der Waals surface area contributed by atoms with Crippen LogP contribution in [0.3, 0.4) is 0 Å². The zero-order valence-corrected chi connectivity index (χ0v) is 16.0. The Balaban J connectivity index is 0.00000242. The van der Waals surface area contributed by atoms with Crippen LogP contribution in [0, 0.1) is 0 Å². The molecule has 0 saturated carbocycles. The number of nitrogens with zero attached hydrogens (tertiary/aromatic N) is 1. The van der Waals surface area contributed by atoms with Crippen LogP contribution in [0.1, 0.15) is 32.3 Å². The monoisotopic (exact) mass is 414 g/mol. The minimum absolute atomic E-state index is 0. The van der Waals surface area contributed by atoms with E-state index in [0.717, 1.165) is 31.8 Å². The summed E-state index contributed by atoms with van der Waals surface area (Å²) in [7, 11) is 1.82. The number of guanidine groups is 1. The molecule has 0 aliphatic rings. The van der Waals surface area contributed by atoms with Crippen LogP contribution in [0.4, 0.5) is 0 Å². The van der Waals surface area contributed by atoms with E-state index in [2.05, 4.69) is 64.9 Å².